The van der Waals surface area contributed by atoms with E-state index in [1.54, 1.807) is 7.11 Å². The number of hydrogen-bond donors (Lipinski definition) is 0. The lowest BCUT2D eigenvalue weighted by Gasteiger charge is -2.31. The molecule has 0 atom stereocenters. The van der Waals surface area contributed by atoms with Gasteiger partial charge in [0.05, 0.1) is 13.7 Å². The molecule has 1 aliphatic heterocycles. The van der Waals surface area contributed by atoms with Gasteiger partial charge < -0.3 is 9.15 Å². The SMILES string of the molecule is COc1ccccc1CC1CCN(Cc2nnc(C3CC3)o2)CC1. The van der Waals surface area contributed by atoms with E-state index in [1.807, 2.05) is 6.07 Å². The number of hydrogen-bond acceptors (Lipinski definition) is 5. The topological polar surface area (TPSA) is 51.4 Å². The molecule has 0 unspecified atom stereocenters. The van der Waals surface area contributed by atoms with E-state index in [9.17, 15) is 0 Å². The fraction of sp³-hybridized carbons (Fsp3) is 0.579. The molecule has 0 spiro atoms. The minimum Gasteiger partial charge on any atom is -0.496 e. The van der Waals surface area contributed by atoms with Crippen LogP contribution >= 0.6 is 0 Å². The van der Waals surface area contributed by atoms with Crippen molar-refractivity contribution in [3.63, 3.8) is 0 Å². The Balaban J connectivity index is 1.28. The molecule has 1 saturated carbocycles. The first-order valence-corrected chi connectivity index (χ1v) is 8.98. The lowest BCUT2D eigenvalue weighted by Crippen LogP contribution is -2.34. The van der Waals surface area contributed by atoms with Crippen LogP contribution in [-0.4, -0.2) is 35.3 Å². The molecule has 0 amide bonds. The van der Waals surface area contributed by atoms with Crippen molar-refractivity contribution in [2.24, 2.45) is 5.92 Å². The molecule has 2 fully saturated rings. The maximum atomic E-state index is 5.78. The average Bonchev–Trinajstić information content (AvgIpc) is 3.37. The number of benzene rings is 1. The quantitative estimate of drug-likeness (QED) is 0.814. The third kappa shape index (κ3) is 3.61. The van der Waals surface area contributed by atoms with Crippen LogP contribution in [0.15, 0.2) is 28.7 Å². The number of methoxy groups -OCH3 is 1. The van der Waals surface area contributed by atoms with Crippen LogP contribution in [0, 0.1) is 5.92 Å². The summed E-state index contributed by atoms with van der Waals surface area (Å²) < 4.78 is 11.3. The van der Waals surface area contributed by atoms with Crippen LogP contribution in [0.1, 0.15) is 48.9 Å². The van der Waals surface area contributed by atoms with Crippen LogP contribution in [0.2, 0.25) is 0 Å². The molecule has 0 radical (unpaired) electrons. The summed E-state index contributed by atoms with van der Waals surface area (Å²) in [5.74, 6) is 3.90. The van der Waals surface area contributed by atoms with Crippen molar-refractivity contribution < 1.29 is 9.15 Å². The van der Waals surface area contributed by atoms with Gasteiger partial charge in [0.15, 0.2) is 0 Å². The molecule has 24 heavy (non-hydrogen) atoms. The molecule has 5 heteroatoms. The van der Waals surface area contributed by atoms with Crippen LogP contribution in [0.4, 0.5) is 0 Å². The molecule has 2 heterocycles. The van der Waals surface area contributed by atoms with Crippen LogP contribution in [0.25, 0.3) is 0 Å². The van der Waals surface area contributed by atoms with Crippen LogP contribution < -0.4 is 4.74 Å². The minimum absolute atomic E-state index is 0.540. The highest BCUT2D eigenvalue weighted by Crippen LogP contribution is 2.39. The summed E-state index contributed by atoms with van der Waals surface area (Å²) in [5.41, 5.74) is 1.32. The van der Waals surface area contributed by atoms with E-state index in [2.05, 4.69) is 33.3 Å². The van der Waals surface area contributed by atoms with Crippen molar-refractivity contribution >= 4 is 0 Å². The first-order chi connectivity index (χ1) is 11.8. The van der Waals surface area contributed by atoms with Crippen molar-refractivity contribution in [3.05, 3.63) is 41.6 Å². The third-order valence-corrected chi connectivity index (χ3v) is 5.18. The summed E-state index contributed by atoms with van der Waals surface area (Å²) in [6.45, 7) is 2.99. The van der Waals surface area contributed by atoms with Gasteiger partial charge in [0.1, 0.15) is 5.75 Å². The number of aromatic nitrogens is 2. The van der Waals surface area contributed by atoms with Gasteiger partial charge in [0.25, 0.3) is 0 Å². The Bertz CT molecular complexity index is 673. The second-order valence-corrected chi connectivity index (χ2v) is 7.04. The molecule has 2 aliphatic rings. The standard InChI is InChI=1S/C19H25N3O2/c1-23-17-5-3-2-4-16(17)12-14-8-10-22(11-9-14)13-18-20-21-19(24-18)15-6-7-15/h2-5,14-15H,6-13H2,1H3. The van der Waals surface area contributed by atoms with Crippen molar-refractivity contribution in [2.75, 3.05) is 20.2 Å². The van der Waals surface area contributed by atoms with Crippen LogP contribution in [0.3, 0.4) is 0 Å². The van der Waals surface area contributed by atoms with Crippen molar-refractivity contribution in [1.82, 2.24) is 15.1 Å². The van der Waals surface area contributed by atoms with Crippen molar-refractivity contribution in [3.8, 4) is 5.75 Å². The Morgan fingerprint density at radius 3 is 2.67 bits per heavy atom. The van der Waals surface area contributed by atoms with E-state index < -0.39 is 0 Å². The zero-order valence-electron chi connectivity index (χ0n) is 14.3. The van der Waals surface area contributed by atoms with Crippen molar-refractivity contribution in [1.29, 1.82) is 0 Å². The highest BCUT2D eigenvalue weighted by molar-refractivity contribution is 5.33. The predicted octanol–water partition coefficient (Wildman–Crippen LogP) is 3.41. The number of likely N-dealkylation sites (tertiary alicyclic amines) is 1. The molecule has 1 aromatic heterocycles. The molecule has 2 aromatic rings. The molecular weight excluding hydrogens is 302 g/mol. The largest absolute Gasteiger partial charge is 0.496 e. The number of para-hydroxylation sites is 1. The van der Waals surface area contributed by atoms with Gasteiger partial charge in [0, 0.05) is 5.92 Å². The Morgan fingerprint density at radius 2 is 1.92 bits per heavy atom. The average molecular weight is 327 g/mol. The summed E-state index contributed by atoms with van der Waals surface area (Å²) in [6.07, 6.45) is 5.93. The molecular formula is C19H25N3O2. The molecule has 1 saturated heterocycles. The third-order valence-electron chi connectivity index (χ3n) is 5.18. The van der Waals surface area contributed by atoms with Crippen LogP contribution in [0.5, 0.6) is 5.75 Å². The number of piperidine rings is 1. The van der Waals surface area contributed by atoms with Crippen LogP contribution in [-0.2, 0) is 13.0 Å². The summed E-state index contributed by atoms with van der Waals surface area (Å²) in [4.78, 5) is 2.43. The maximum Gasteiger partial charge on any atom is 0.230 e. The second-order valence-electron chi connectivity index (χ2n) is 7.04. The lowest BCUT2D eigenvalue weighted by atomic mass is 9.90. The molecule has 4 rings (SSSR count). The maximum absolute atomic E-state index is 5.78. The van der Waals surface area contributed by atoms with E-state index in [0.29, 0.717) is 5.92 Å². The van der Waals surface area contributed by atoms with Gasteiger partial charge in [-0.1, -0.05) is 18.2 Å². The molecule has 128 valence electrons. The van der Waals surface area contributed by atoms with Gasteiger partial charge in [0.2, 0.25) is 11.8 Å². The molecule has 1 aromatic carbocycles. The lowest BCUT2D eigenvalue weighted by molar-refractivity contribution is 0.162. The Kier molecular flexibility index (Phi) is 4.52. The van der Waals surface area contributed by atoms with E-state index in [0.717, 1.165) is 49.5 Å². The predicted molar refractivity (Wildman–Crippen MR) is 91.0 cm³/mol. The van der Waals surface area contributed by atoms with E-state index in [4.69, 9.17) is 9.15 Å². The van der Waals surface area contributed by atoms with E-state index in [1.165, 1.54) is 31.2 Å². The fourth-order valence-corrected chi connectivity index (χ4v) is 3.55. The van der Waals surface area contributed by atoms with Gasteiger partial charge in [-0.2, -0.15) is 0 Å². The minimum atomic E-state index is 0.540. The highest BCUT2D eigenvalue weighted by Gasteiger charge is 2.30. The first kappa shape index (κ1) is 15.6. The highest BCUT2D eigenvalue weighted by atomic mass is 16.5. The van der Waals surface area contributed by atoms with Gasteiger partial charge in [-0.15, -0.1) is 10.2 Å². The summed E-state index contributed by atoms with van der Waals surface area (Å²) in [7, 11) is 1.75. The molecule has 0 N–H and O–H groups in total. The van der Waals surface area contributed by atoms with Gasteiger partial charge >= 0.3 is 0 Å². The number of ether oxygens (including phenoxy) is 1. The zero-order valence-corrected chi connectivity index (χ0v) is 14.3. The monoisotopic (exact) mass is 327 g/mol. The Hall–Kier alpha value is -1.88. The van der Waals surface area contributed by atoms with Gasteiger partial charge in [-0.25, -0.2) is 0 Å². The van der Waals surface area contributed by atoms with Gasteiger partial charge in [-0.3, -0.25) is 4.90 Å². The van der Waals surface area contributed by atoms with Gasteiger partial charge in [-0.05, 0) is 62.7 Å². The van der Waals surface area contributed by atoms with E-state index >= 15 is 0 Å². The van der Waals surface area contributed by atoms with Crippen molar-refractivity contribution in [2.45, 2.75) is 44.6 Å². The Morgan fingerprint density at radius 1 is 1.12 bits per heavy atom. The number of rotatable bonds is 6. The smallest absolute Gasteiger partial charge is 0.230 e. The zero-order chi connectivity index (χ0) is 16.4. The van der Waals surface area contributed by atoms with E-state index in [-0.39, 0.29) is 0 Å². The fourth-order valence-electron chi connectivity index (χ4n) is 3.55. The molecule has 1 aliphatic carbocycles. The second kappa shape index (κ2) is 6.93. The summed E-state index contributed by atoms with van der Waals surface area (Å²) in [6, 6.07) is 8.37. The first-order valence-electron chi connectivity index (χ1n) is 8.98. The summed E-state index contributed by atoms with van der Waals surface area (Å²) in [5, 5.41) is 8.38. The summed E-state index contributed by atoms with van der Waals surface area (Å²) >= 11 is 0. The Labute approximate surface area is 143 Å². The molecule has 0 bridgehead atoms. The molecule has 5 nitrogen and oxygen atoms in total. The normalized spacial score (nSPS) is 19.5. The number of nitrogens with zero attached hydrogens (tertiary/aromatic N) is 3.